The number of rotatable bonds is 25. The van der Waals surface area contributed by atoms with E-state index >= 15 is 0 Å². The Hall–Kier alpha value is -2.99. The highest BCUT2D eigenvalue weighted by Gasteiger charge is 2.26. The maximum absolute atomic E-state index is 12.5. The summed E-state index contributed by atoms with van der Waals surface area (Å²) in [5.41, 5.74) is 9.79. The molecule has 0 spiro atoms. The summed E-state index contributed by atoms with van der Waals surface area (Å²) in [5.74, 6) is -2.64. The number of nitrogens with two attached hydrogens (primary N) is 2. The SMILES string of the molecule is CC(=O)OCC[C@H](CSCC(N)C(=O)N[C@@H](CO)C(=O)NCCOC(C)(C)CCOC(C)(C)CCC(=O)NCC(N)=O)OC(C)=O. The number of ether oxygens (including phenoxy) is 4. The van der Waals surface area contributed by atoms with Crippen molar-refractivity contribution >= 4 is 47.3 Å². The van der Waals surface area contributed by atoms with Gasteiger partial charge in [0.15, 0.2) is 0 Å². The van der Waals surface area contributed by atoms with Crippen LogP contribution < -0.4 is 27.4 Å². The maximum Gasteiger partial charge on any atom is 0.302 e. The average Bonchev–Trinajstić information content (AvgIpc) is 2.94. The molecule has 46 heavy (non-hydrogen) atoms. The summed E-state index contributed by atoms with van der Waals surface area (Å²) in [6.45, 7) is 9.84. The van der Waals surface area contributed by atoms with Gasteiger partial charge in [-0.1, -0.05) is 0 Å². The Balaban J connectivity index is 4.46. The van der Waals surface area contributed by atoms with E-state index in [9.17, 15) is 33.9 Å². The first-order valence-electron chi connectivity index (χ1n) is 15.0. The lowest BCUT2D eigenvalue weighted by molar-refractivity contribution is -0.147. The Morgan fingerprint density at radius 1 is 0.848 bits per heavy atom. The van der Waals surface area contributed by atoms with E-state index in [1.165, 1.54) is 25.6 Å². The molecule has 0 aromatic heterocycles. The van der Waals surface area contributed by atoms with E-state index in [-0.39, 0.29) is 50.8 Å². The first-order chi connectivity index (χ1) is 21.4. The highest BCUT2D eigenvalue weighted by Crippen LogP contribution is 2.20. The number of amides is 4. The maximum atomic E-state index is 12.5. The quantitative estimate of drug-likeness (QED) is 0.0495. The van der Waals surface area contributed by atoms with E-state index < -0.39 is 65.7 Å². The largest absolute Gasteiger partial charge is 0.466 e. The summed E-state index contributed by atoms with van der Waals surface area (Å²) in [7, 11) is 0. The Bertz CT molecular complexity index is 997. The zero-order valence-corrected chi connectivity index (χ0v) is 28.6. The molecule has 16 nitrogen and oxygen atoms in total. The van der Waals surface area contributed by atoms with Gasteiger partial charge in [-0.3, -0.25) is 28.8 Å². The number of nitrogens with one attached hydrogen (secondary N) is 3. The Morgan fingerprint density at radius 2 is 1.48 bits per heavy atom. The van der Waals surface area contributed by atoms with E-state index in [1.807, 2.05) is 27.7 Å². The molecule has 0 radical (unpaired) electrons. The van der Waals surface area contributed by atoms with E-state index in [4.69, 9.17) is 30.4 Å². The lowest BCUT2D eigenvalue weighted by Gasteiger charge is -2.30. The van der Waals surface area contributed by atoms with Crippen LogP contribution in [0.25, 0.3) is 0 Å². The molecule has 0 aromatic carbocycles. The molecule has 0 heterocycles. The van der Waals surface area contributed by atoms with Crippen molar-refractivity contribution in [2.75, 3.05) is 51.0 Å². The molecule has 0 aliphatic heterocycles. The minimum atomic E-state index is -1.22. The molecule has 1 unspecified atom stereocenters. The fraction of sp³-hybridized carbons (Fsp3) is 0.793. The second-order valence-electron chi connectivity index (χ2n) is 11.7. The van der Waals surface area contributed by atoms with Crippen molar-refractivity contribution in [2.24, 2.45) is 11.5 Å². The molecule has 266 valence electrons. The zero-order valence-electron chi connectivity index (χ0n) is 27.8. The molecular formula is C29H53N5O11S. The van der Waals surface area contributed by atoms with Gasteiger partial charge in [0.1, 0.15) is 12.1 Å². The van der Waals surface area contributed by atoms with Gasteiger partial charge in [-0.2, -0.15) is 11.8 Å². The van der Waals surface area contributed by atoms with Gasteiger partial charge >= 0.3 is 11.9 Å². The molecule has 0 aliphatic rings. The fourth-order valence-corrected chi connectivity index (χ4v) is 4.69. The third-order valence-electron chi connectivity index (χ3n) is 6.34. The summed E-state index contributed by atoms with van der Waals surface area (Å²) in [6, 6.07) is -2.23. The van der Waals surface area contributed by atoms with Crippen LogP contribution in [0.4, 0.5) is 0 Å². The van der Waals surface area contributed by atoms with Gasteiger partial charge < -0.3 is 51.5 Å². The molecule has 0 aliphatic carbocycles. The van der Waals surface area contributed by atoms with Crippen LogP contribution in [-0.4, -0.2) is 121 Å². The van der Waals surface area contributed by atoms with E-state index in [0.717, 1.165) is 0 Å². The fourth-order valence-electron chi connectivity index (χ4n) is 3.65. The number of esters is 2. The number of carbonyl (C=O) groups excluding carboxylic acids is 6. The van der Waals surface area contributed by atoms with Crippen LogP contribution in [0.3, 0.4) is 0 Å². The Kier molecular flexibility index (Phi) is 21.1. The molecule has 0 saturated carbocycles. The van der Waals surface area contributed by atoms with Gasteiger partial charge in [0, 0.05) is 44.7 Å². The third-order valence-corrected chi connectivity index (χ3v) is 7.54. The number of hydrogen-bond acceptors (Lipinski definition) is 13. The van der Waals surface area contributed by atoms with E-state index in [0.29, 0.717) is 25.2 Å². The second-order valence-corrected chi connectivity index (χ2v) is 12.8. The van der Waals surface area contributed by atoms with Gasteiger partial charge in [0.05, 0.1) is 50.2 Å². The smallest absolute Gasteiger partial charge is 0.302 e. The Labute approximate surface area is 275 Å². The minimum Gasteiger partial charge on any atom is -0.466 e. The van der Waals surface area contributed by atoms with Gasteiger partial charge in [-0.05, 0) is 40.5 Å². The van der Waals surface area contributed by atoms with E-state index in [2.05, 4.69) is 16.0 Å². The lowest BCUT2D eigenvalue weighted by atomic mass is 10.0. The van der Waals surface area contributed by atoms with Crippen LogP contribution in [0.5, 0.6) is 0 Å². The molecule has 0 rings (SSSR count). The van der Waals surface area contributed by atoms with Crippen LogP contribution in [0.1, 0.15) is 67.2 Å². The summed E-state index contributed by atoms with van der Waals surface area (Å²) in [4.78, 5) is 69.9. The van der Waals surface area contributed by atoms with Gasteiger partial charge in [0.25, 0.3) is 0 Å². The highest BCUT2D eigenvalue weighted by molar-refractivity contribution is 7.99. The first-order valence-corrected chi connectivity index (χ1v) is 16.2. The normalized spacial score (nSPS) is 13.6. The molecule has 8 N–H and O–H groups in total. The predicted octanol–water partition coefficient (Wildman–Crippen LogP) is -1.11. The number of hydrogen-bond donors (Lipinski definition) is 6. The minimum absolute atomic E-state index is 0.0773. The average molecular weight is 680 g/mol. The number of primary amides is 1. The summed E-state index contributed by atoms with van der Waals surface area (Å²) in [6.07, 6.45) is 0.888. The van der Waals surface area contributed by atoms with Gasteiger partial charge in [-0.25, -0.2) is 0 Å². The number of aliphatic hydroxyl groups excluding tert-OH is 1. The summed E-state index contributed by atoms with van der Waals surface area (Å²) >= 11 is 1.25. The Morgan fingerprint density at radius 3 is 2.07 bits per heavy atom. The summed E-state index contributed by atoms with van der Waals surface area (Å²) in [5, 5.41) is 17.1. The van der Waals surface area contributed by atoms with Crippen molar-refractivity contribution in [1.82, 2.24) is 16.0 Å². The molecule has 17 heteroatoms. The molecule has 3 atom stereocenters. The van der Waals surface area contributed by atoms with Crippen molar-refractivity contribution in [3.8, 4) is 0 Å². The molecule has 0 saturated heterocycles. The monoisotopic (exact) mass is 679 g/mol. The topological polar surface area (TPSA) is 248 Å². The zero-order chi connectivity index (χ0) is 35.3. The standard InChI is InChI=1S/C29H53N5O11S/c1-19(36)42-12-8-21(45-20(2)37)17-46-18-22(30)26(40)34-23(16-35)27(41)32-11-14-44-29(5,6)10-13-43-28(3,4)9-7-25(39)33-15-24(31)38/h21-23,35H,7-18,30H2,1-6H3,(H2,31,38)(H,32,41)(H,33,39)(H,34,40)/t21-,22?,23+/m1/s1. The predicted molar refractivity (Wildman–Crippen MR) is 170 cm³/mol. The number of aliphatic hydroxyl groups is 1. The van der Waals surface area contributed by atoms with Crippen LogP contribution in [0.2, 0.25) is 0 Å². The molecule has 0 aromatic rings. The van der Waals surface area contributed by atoms with Crippen LogP contribution in [0.15, 0.2) is 0 Å². The van der Waals surface area contributed by atoms with Crippen LogP contribution in [-0.2, 0) is 47.7 Å². The summed E-state index contributed by atoms with van der Waals surface area (Å²) < 4.78 is 21.9. The van der Waals surface area contributed by atoms with Crippen molar-refractivity contribution in [3.63, 3.8) is 0 Å². The van der Waals surface area contributed by atoms with Gasteiger partial charge in [-0.15, -0.1) is 0 Å². The number of thioether (sulfide) groups is 1. The van der Waals surface area contributed by atoms with Gasteiger partial charge in [0.2, 0.25) is 23.6 Å². The molecule has 4 amide bonds. The lowest BCUT2D eigenvalue weighted by Crippen LogP contribution is -2.54. The molecule has 0 bridgehead atoms. The first kappa shape index (κ1) is 43.0. The van der Waals surface area contributed by atoms with E-state index in [1.54, 1.807) is 0 Å². The highest BCUT2D eigenvalue weighted by atomic mass is 32.2. The number of carbonyl (C=O) groups is 6. The second kappa shape index (κ2) is 22.5. The molecule has 0 fully saturated rings. The van der Waals surface area contributed by atoms with Crippen molar-refractivity contribution < 1.29 is 52.8 Å². The van der Waals surface area contributed by atoms with Crippen LogP contribution >= 0.6 is 11.8 Å². The third kappa shape index (κ3) is 22.5. The molecular weight excluding hydrogens is 626 g/mol. The van der Waals surface area contributed by atoms with Crippen LogP contribution in [0, 0.1) is 0 Å². The van der Waals surface area contributed by atoms with Crippen molar-refractivity contribution in [3.05, 3.63) is 0 Å². The van der Waals surface area contributed by atoms with Crippen molar-refractivity contribution in [1.29, 1.82) is 0 Å². The van der Waals surface area contributed by atoms with Crippen molar-refractivity contribution in [2.45, 2.75) is 96.6 Å².